The summed E-state index contributed by atoms with van der Waals surface area (Å²) in [4.78, 5) is 9.31. The predicted molar refractivity (Wildman–Crippen MR) is 107 cm³/mol. The van der Waals surface area contributed by atoms with Crippen molar-refractivity contribution in [1.29, 1.82) is 0 Å². The summed E-state index contributed by atoms with van der Waals surface area (Å²) in [6, 6.07) is 5.33. The van der Waals surface area contributed by atoms with Crippen LogP contribution in [0.3, 0.4) is 0 Å². The highest BCUT2D eigenvalue weighted by molar-refractivity contribution is 5.79. The molecule has 1 aliphatic rings. The van der Waals surface area contributed by atoms with Crippen LogP contribution in [0.2, 0.25) is 0 Å². The van der Waals surface area contributed by atoms with Crippen LogP contribution in [0.5, 0.6) is 0 Å². The van der Waals surface area contributed by atoms with Crippen molar-refractivity contribution in [2.75, 3.05) is 52.9 Å². The molecule has 1 fully saturated rings. The van der Waals surface area contributed by atoms with Crippen LogP contribution in [-0.2, 0) is 6.54 Å². The molecule has 2 rings (SSSR count). The number of aliphatic imine (C=N–C) groups is 1. The Morgan fingerprint density at radius 2 is 1.88 bits per heavy atom. The molecule has 5 nitrogen and oxygen atoms in total. The molecule has 6 heteroatoms. The number of hydrogen-bond donors (Lipinski definition) is 2. The highest BCUT2D eigenvalue weighted by Crippen LogP contribution is 2.09. The van der Waals surface area contributed by atoms with Gasteiger partial charge in [-0.1, -0.05) is 26.0 Å². The summed E-state index contributed by atoms with van der Waals surface area (Å²) >= 11 is 0. The standard InChI is InChI=1S/C20H34FN5/c1-5-25-8-10-26(11-9-25)15-16(2)13-23-20(22-4)24-14-18-7-6-17(3)19(21)12-18/h6-7,12,16H,5,8-11,13-15H2,1-4H3,(H2,22,23,24). The van der Waals surface area contributed by atoms with Crippen molar-refractivity contribution in [2.24, 2.45) is 10.9 Å². The fraction of sp³-hybridized carbons (Fsp3) is 0.650. The van der Waals surface area contributed by atoms with E-state index >= 15 is 0 Å². The summed E-state index contributed by atoms with van der Waals surface area (Å²) in [6.45, 7) is 14.6. The molecule has 0 aliphatic carbocycles. The van der Waals surface area contributed by atoms with E-state index in [9.17, 15) is 4.39 Å². The van der Waals surface area contributed by atoms with Gasteiger partial charge in [-0.05, 0) is 36.6 Å². The summed E-state index contributed by atoms with van der Waals surface area (Å²) in [7, 11) is 1.76. The molecule has 0 saturated carbocycles. The Labute approximate surface area is 157 Å². The van der Waals surface area contributed by atoms with Crippen molar-refractivity contribution in [3.63, 3.8) is 0 Å². The van der Waals surface area contributed by atoms with E-state index in [4.69, 9.17) is 0 Å². The van der Waals surface area contributed by atoms with Gasteiger partial charge in [-0.25, -0.2) is 4.39 Å². The summed E-state index contributed by atoms with van der Waals surface area (Å²) in [5, 5.41) is 6.64. The number of rotatable bonds is 7. The molecule has 1 aliphatic heterocycles. The highest BCUT2D eigenvalue weighted by atomic mass is 19.1. The molecule has 0 radical (unpaired) electrons. The molecule has 1 aromatic carbocycles. The maximum Gasteiger partial charge on any atom is 0.191 e. The summed E-state index contributed by atoms with van der Waals surface area (Å²) in [5.41, 5.74) is 1.59. The normalized spacial score (nSPS) is 18.0. The SMILES string of the molecule is CCN1CCN(CC(C)CNC(=NC)NCc2ccc(C)c(F)c2)CC1. The maximum atomic E-state index is 13.6. The number of guanidine groups is 1. The molecule has 1 saturated heterocycles. The molecule has 0 bridgehead atoms. The van der Waals surface area contributed by atoms with Gasteiger partial charge in [-0.15, -0.1) is 0 Å². The smallest absolute Gasteiger partial charge is 0.191 e. The van der Waals surface area contributed by atoms with E-state index < -0.39 is 0 Å². The molecule has 0 aromatic heterocycles. The lowest BCUT2D eigenvalue weighted by Gasteiger charge is -2.35. The average Bonchev–Trinajstić information content (AvgIpc) is 2.65. The Morgan fingerprint density at radius 3 is 2.50 bits per heavy atom. The van der Waals surface area contributed by atoms with Crippen LogP contribution in [0.15, 0.2) is 23.2 Å². The van der Waals surface area contributed by atoms with Crippen LogP contribution < -0.4 is 10.6 Å². The van der Waals surface area contributed by atoms with Crippen LogP contribution in [0.1, 0.15) is 25.0 Å². The quantitative estimate of drug-likeness (QED) is 0.575. The number of piperazine rings is 1. The Morgan fingerprint density at radius 1 is 1.19 bits per heavy atom. The summed E-state index contributed by atoms with van der Waals surface area (Å²) < 4.78 is 13.6. The molecule has 0 amide bonds. The van der Waals surface area contributed by atoms with Crippen LogP contribution in [0.4, 0.5) is 4.39 Å². The van der Waals surface area contributed by atoms with Crippen LogP contribution in [-0.4, -0.2) is 68.6 Å². The van der Waals surface area contributed by atoms with Crippen molar-refractivity contribution in [1.82, 2.24) is 20.4 Å². The highest BCUT2D eigenvalue weighted by Gasteiger charge is 2.17. The maximum absolute atomic E-state index is 13.6. The van der Waals surface area contributed by atoms with Gasteiger partial charge >= 0.3 is 0 Å². The Kier molecular flexibility index (Phi) is 8.32. The molecule has 2 N–H and O–H groups in total. The first-order chi connectivity index (χ1) is 12.5. The molecule has 146 valence electrons. The van der Waals surface area contributed by atoms with Crippen LogP contribution in [0.25, 0.3) is 0 Å². The monoisotopic (exact) mass is 363 g/mol. The second kappa shape index (κ2) is 10.5. The zero-order valence-electron chi connectivity index (χ0n) is 16.7. The van der Waals surface area contributed by atoms with E-state index in [-0.39, 0.29) is 5.82 Å². The number of nitrogens with zero attached hydrogens (tertiary/aromatic N) is 3. The van der Waals surface area contributed by atoms with Gasteiger partial charge < -0.3 is 20.4 Å². The second-order valence-corrected chi connectivity index (χ2v) is 7.23. The lowest BCUT2D eigenvalue weighted by atomic mass is 10.1. The Hall–Kier alpha value is -1.66. The van der Waals surface area contributed by atoms with Crippen molar-refractivity contribution in [2.45, 2.75) is 27.3 Å². The minimum atomic E-state index is -0.163. The molecular weight excluding hydrogens is 329 g/mol. The number of likely N-dealkylation sites (N-methyl/N-ethyl adjacent to an activating group) is 1. The minimum Gasteiger partial charge on any atom is -0.356 e. The largest absolute Gasteiger partial charge is 0.356 e. The predicted octanol–water partition coefficient (Wildman–Crippen LogP) is 2.07. The van der Waals surface area contributed by atoms with E-state index in [2.05, 4.69) is 39.3 Å². The fourth-order valence-corrected chi connectivity index (χ4v) is 3.22. The topological polar surface area (TPSA) is 42.9 Å². The zero-order chi connectivity index (χ0) is 18.9. The van der Waals surface area contributed by atoms with Gasteiger partial charge in [0, 0.05) is 52.9 Å². The second-order valence-electron chi connectivity index (χ2n) is 7.23. The summed E-state index contributed by atoms with van der Waals surface area (Å²) in [6.07, 6.45) is 0. The molecule has 1 aromatic rings. The van der Waals surface area contributed by atoms with Crippen molar-refractivity contribution < 1.29 is 4.39 Å². The Balaban J connectivity index is 1.70. The minimum absolute atomic E-state index is 0.163. The molecule has 1 heterocycles. The lowest BCUT2D eigenvalue weighted by molar-refractivity contribution is 0.124. The number of hydrogen-bond acceptors (Lipinski definition) is 3. The molecular formula is C20H34FN5. The third-order valence-corrected chi connectivity index (χ3v) is 5.02. The van der Waals surface area contributed by atoms with Crippen LogP contribution >= 0.6 is 0 Å². The van der Waals surface area contributed by atoms with E-state index in [0.717, 1.165) is 44.2 Å². The van der Waals surface area contributed by atoms with E-state index in [1.54, 1.807) is 20.0 Å². The van der Waals surface area contributed by atoms with Crippen molar-refractivity contribution in [3.8, 4) is 0 Å². The van der Waals surface area contributed by atoms with Gasteiger partial charge in [0.25, 0.3) is 0 Å². The van der Waals surface area contributed by atoms with Crippen LogP contribution in [0, 0.1) is 18.7 Å². The summed E-state index contributed by atoms with van der Waals surface area (Å²) in [5.74, 6) is 1.14. The average molecular weight is 364 g/mol. The molecule has 0 spiro atoms. The number of benzene rings is 1. The number of halogens is 1. The van der Waals surface area contributed by atoms with E-state index in [1.807, 2.05) is 12.1 Å². The first-order valence-electron chi connectivity index (χ1n) is 9.66. The van der Waals surface area contributed by atoms with Crippen molar-refractivity contribution in [3.05, 3.63) is 35.1 Å². The van der Waals surface area contributed by atoms with E-state index in [1.165, 1.54) is 13.1 Å². The van der Waals surface area contributed by atoms with Gasteiger partial charge in [-0.3, -0.25) is 4.99 Å². The molecule has 1 atom stereocenters. The lowest BCUT2D eigenvalue weighted by Crippen LogP contribution is -2.48. The number of nitrogens with one attached hydrogen (secondary N) is 2. The Bertz CT molecular complexity index is 582. The van der Waals surface area contributed by atoms with Gasteiger partial charge in [-0.2, -0.15) is 0 Å². The third-order valence-electron chi connectivity index (χ3n) is 5.02. The van der Waals surface area contributed by atoms with Gasteiger partial charge in [0.05, 0.1) is 0 Å². The molecule has 26 heavy (non-hydrogen) atoms. The fourth-order valence-electron chi connectivity index (χ4n) is 3.22. The molecule has 1 unspecified atom stereocenters. The first kappa shape index (κ1) is 20.6. The third kappa shape index (κ3) is 6.57. The van der Waals surface area contributed by atoms with Crippen molar-refractivity contribution >= 4 is 5.96 Å². The zero-order valence-corrected chi connectivity index (χ0v) is 16.7. The first-order valence-corrected chi connectivity index (χ1v) is 9.66. The van der Waals surface area contributed by atoms with Gasteiger partial charge in [0.2, 0.25) is 0 Å². The van der Waals surface area contributed by atoms with Gasteiger partial charge in [0.15, 0.2) is 5.96 Å². The van der Waals surface area contributed by atoms with E-state index in [0.29, 0.717) is 18.0 Å². The number of aryl methyl sites for hydroxylation is 1. The van der Waals surface area contributed by atoms with Gasteiger partial charge in [0.1, 0.15) is 5.82 Å².